The Balaban J connectivity index is 0.00000578. The Kier molecular flexibility index (Phi) is 30.0. The Bertz CT molecular complexity index is 3660. The average molecular weight is 1190 g/mol. The van der Waals surface area contributed by atoms with Crippen molar-refractivity contribution in [2.75, 3.05) is 24.7 Å². The molecular weight excluding hydrogens is 1160 g/mol. The van der Waals surface area contributed by atoms with Gasteiger partial charge in [0.25, 0.3) is 0 Å². The molecule has 27 nitrogen and oxygen atoms in total. The summed E-state index contributed by atoms with van der Waals surface area (Å²) in [4.78, 5) is 20.2. The predicted octanol–water partition coefficient (Wildman–Crippen LogP) is -11.4. The fourth-order valence-electron chi connectivity index (χ4n) is 5.69. The van der Waals surface area contributed by atoms with Gasteiger partial charge in [0.2, 0.25) is 16.9 Å². The SMILES string of the molecule is O=S(=O)([O-])CCCOc1cc(N=Nc2cccc(S(=O)(=O)[O-])c2)ccc1N=c1[nH]c(=Nc2cccc(S(=O)(=O)[O-])c2)[nH]c(=Nc2ccc(N=Nc3cccc(S(=O)(=O)[O-])c3)cc2OCCCS(=O)(=O)[O-])[nH]1.[Na+].[Na+].[Na+].[Na+].[Na+]. The molecular formula is C39H33N10Na5O17S5. The van der Waals surface area contributed by atoms with E-state index in [1.165, 1.54) is 72.8 Å². The first-order valence-electron chi connectivity index (χ1n) is 19.8. The van der Waals surface area contributed by atoms with Gasteiger partial charge in [0.15, 0.2) is 0 Å². The molecule has 376 valence electrons. The summed E-state index contributed by atoms with van der Waals surface area (Å²) in [7, 11) is -23.8. The molecule has 0 saturated carbocycles. The van der Waals surface area contributed by atoms with Crippen molar-refractivity contribution >= 4 is 90.4 Å². The number of H-pyrrole nitrogens is 3. The van der Waals surface area contributed by atoms with Crippen LogP contribution in [-0.2, 0) is 50.6 Å². The molecule has 76 heavy (non-hydrogen) atoms. The molecule has 0 unspecified atom stereocenters. The number of benzene rings is 5. The molecule has 0 bridgehead atoms. The zero-order chi connectivity index (χ0) is 51.6. The third-order valence-corrected chi connectivity index (χ3v) is 12.8. The second-order valence-electron chi connectivity index (χ2n) is 14.2. The Morgan fingerprint density at radius 2 is 0.684 bits per heavy atom. The molecule has 1 aromatic heterocycles. The topological polar surface area (TPSA) is 438 Å². The number of nitrogens with one attached hydrogen (secondary N) is 3. The number of rotatable bonds is 20. The first-order chi connectivity index (χ1) is 33.3. The molecule has 0 aliphatic carbocycles. The smallest absolute Gasteiger partial charge is 0.748 e. The van der Waals surface area contributed by atoms with Crippen molar-refractivity contribution in [2.45, 2.75) is 27.5 Å². The van der Waals surface area contributed by atoms with Crippen molar-refractivity contribution in [1.29, 1.82) is 0 Å². The van der Waals surface area contributed by atoms with Gasteiger partial charge < -0.3 is 32.2 Å². The van der Waals surface area contributed by atoms with Gasteiger partial charge in [-0.05, 0) is 91.7 Å². The van der Waals surface area contributed by atoms with Gasteiger partial charge in [0.05, 0.1) is 76.6 Å². The monoisotopic (exact) mass is 1190 g/mol. The van der Waals surface area contributed by atoms with Crippen molar-refractivity contribution in [1.82, 2.24) is 15.0 Å². The fourth-order valence-corrected chi connectivity index (χ4v) is 8.17. The summed E-state index contributed by atoms with van der Waals surface area (Å²) in [6, 6.07) is 22.1. The van der Waals surface area contributed by atoms with Crippen molar-refractivity contribution in [2.24, 2.45) is 35.4 Å². The number of aromatic amines is 3. The molecule has 5 aromatic carbocycles. The molecule has 0 aliphatic rings. The molecule has 0 amide bonds. The van der Waals surface area contributed by atoms with Gasteiger partial charge in [-0.1, -0.05) is 18.2 Å². The van der Waals surface area contributed by atoms with Gasteiger partial charge in [-0.2, -0.15) is 20.5 Å². The van der Waals surface area contributed by atoms with Gasteiger partial charge >= 0.3 is 148 Å². The summed E-state index contributed by atoms with van der Waals surface area (Å²) >= 11 is 0. The van der Waals surface area contributed by atoms with Crippen molar-refractivity contribution in [3.63, 3.8) is 0 Å². The molecule has 0 aliphatic heterocycles. The summed E-state index contributed by atoms with van der Waals surface area (Å²) in [6.07, 6.45) is -0.515. The summed E-state index contributed by atoms with van der Waals surface area (Å²) < 4.78 is 184. The van der Waals surface area contributed by atoms with Crippen LogP contribution >= 0.6 is 0 Å². The molecule has 0 saturated heterocycles. The molecule has 0 spiro atoms. The number of aromatic nitrogens is 3. The molecule has 0 fully saturated rings. The molecule has 0 atom stereocenters. The zero-order valence-corrected chi connectivity index (χ0v) is 54.8. The van der Waals surface area contributed by atoms with Crippen LogP contribution in [-0.4, -0.2) is 105 Å². The van der Waals surface area contributed by atoms with Crippen molar-refractivity contribution < 1.29 is 222 Å². The van der Waals surface area contributed by atoms with E-state index in [0.717, 1.165) is 36.4 Å². The minimum atomic E-state index is -4.93. The van der Waals surface area contributed by atoms with Crippen molar-refractivity contribution in [3.8, 4) is 11.5 Å². The minimum absolute atomic E-state index is 0. The zero-order valence-electron chi connectivity index (χ0n) is 40.7. The van der Waals surface area contributed by atoms with E-state index in [1.54, 1.807) is 0 Å². The predicted molar refractivity (Wildman–Crippen MR) is 239 cm³/mol. The second-order valence-corrected chi connectivity index (χ2v) is 21.4. The number of hydrogen-bond acceptors (Lipinski definition) is 24. The maximum atomic E-state index is 11.8. The average Bonchev–Trinajstić information content (AvgIpc) is 3.28. The van der Waals surface area contributed by atoms with E-state index in [9.17, 15) is 64.9 Å². The fraction of sp³-hybridized carbons (Fsp3) is 0.154. The number of ether oxygens (including phenoxy) is 2. The Hall–Kier alpha value is -2.14. The van der Waals surface area contributed by atoms with Crippen LogP contribution in [0.25, 0.3) is 0 Å². The van der Waals surface area contributed by atoms with Gasteiger partial charge in [-0.25, -0.2) is 57.1 Å². The third kappa shape index (κ3) is 24.3. The Morgan fingerprint density at radius 3 is 1.01 bits per heavy atom. The van der Waals surface area contributed by atoms with Gasteiger partial charge in [-0.15, -0.1) is 0 Å². The molecule has 6 rings (SSSR count). The van der Waals surface area contributed by atoms with Crippen LogP contribution in [0.5, 0.6) is 11.5 Å². The number of nitrogens with zero attached hydrogens (tertiary/aromatic N) is 7. The summed E-state index contributed by atoms with van der Waals surface area (Å²) in [6.45, 7) is -0.671. The molecule has 0 radical (unpaired) electrons. The maximum absolute atomic E-state index is 11.8. The summed E-state index contributed by atoms with van der Waals surface area (Å²) in [5.74, 6) is -1.73. The van der Waals surface area contributed by atoms with E-state index < -0.39 is 76.8 Å². The standard InChI is InChI=1S/C39H38N10O17S5.5Na/c50-67(51,52)18-4-16-65-35-23-28(48-46-26-7-2-10-31(21-26)70(59,60)61)12-14-33(35)41-38-43-37(40-25-6-1-9-30(20-25)69(56,57)58)44-39(45-38)42-34-15-13-29(24-36(34)66-17-5-19-68(53,54)55)49-47-27-8-3-11-32(22-27)71(62,63)64;;;;;/h1-3,6-15,20-24H,4-5,16-19H2,(H,50,51,52)(H,53,54,55)(H,56,57,58)(H,59,60,61)(H,62,63,64)(H3,40,41,42,43,44,45);;;;;/q;5*+1/p-5. The van der Waals surface area contributed by atoms with Crippen LogP contribution < -0.4 is 174 Å². The molecule has 3 N–H and O–H groups in total. The normalized spacial score (nSPS) is 12.4. The van der Waals surface area contributed by atoms with Crippen LogP contribution in [0, 0.1) is 0 Å². The van der Waals surface area contributed by atoms with E-state index in [-0.39, 0.29) is 242 Å². The van der Waals surface area contributed by atoms with Crippen molar-refractivity contribution in [3.05, 3.63) is 126 Å². The summed E-state index contributed by atoms with van der Waals surface area (Å²) in [5.41, 5.74) is -0.536. The Labute approximate surface area is 545 Å². The van der Waals surface area contributed by atoms with E-state index in [1.807, 2.05) is 0 Å². The molecule has 1 heterocycles. The number of azo groups is 2. The van der Waals surface area contributed by atoms with Gasteiger partial charge in [-0.3, -0.25) is 15.0 Å². The van der Waals surface area contributed by atoms with Gasteiger partial charge in [0, 0.05) is 23.6 Å². The van der Waals surface area contributed by atoms with Crippen LogP contribution in [0.2, 0.25) is 0 Å². The first-order valence-corrected chi connectivity index (χ1v) is 27.1. The van der Waals surface area contributed by atoms with Crippen LogP contribution in [0.3, 0.4) is 0 Å². The van der Waals surface area contributed by atoms with Crippen LogP contribution in [0.4, 0.5) is 39.8 Å². The molecule has 6 aromatic rings. The minimum Gasteiger partial charge on any atom is -0.748 e. The largest absolute Gasteiger partial charge is 1.00 e. The van der Waals surface area contributed by atoms with E-state index in [0.29, 0.717) is 0 Å². The van der Waals surface area contributed by atoms with Crippen LogP contribution in [0.1, 0.15) is 12.8 Å². The van der Waals surface area contributed by atoms with Crippen LogP contribution in [0.15, 0.2) is 159 Å². The quantitative estimate of drug-likeness (QED) is 0.0276. The first kappa shape index (κ1) is 71.9. The number of hydrogen-bond donors (Lipinski definition) is 3. The molecule has 37 heteroatoms. The Morgan fingerprint density at radius 1 is 0.382 bits per heavy atom. The van der Waals surface area contributed by atoms with E-state index in [4.69, 9.17) is 9.47 Å². The second kappa shape index (κ2) is 31.7. The maximum Gasteiger partial charge on any atom is 1.00 e. The van der Waals surface area contributed by atoms with Gasteiger partial charge in [0.1, 0.15) is 53.2 Å². The third-order valence-electron chi connectivity index (χ3n) is 8.78. The summed E-state index contributed by atoms with van der Waals surface area (Å²) in [5, 5.41) is 16.0. The van der Waals surface area contributed by atoms with E-state index in [2.05, 4.69) is 50.4 Å². The van der Waals surface area contributed by atoms with E-state index >= 15 is 0 Å².